The van der Waals surface area contributed by atoms with Gasteiger partial charge >= 0.3 is 6.09 Å². The van der Waals surface area contributed by atoms with E-state index in [4.69, 9.17) is 4.74 Å². The summed E-state index contributed by atoms with van der Waals surface area (Å²) >= 11 is 4.14. The molecule has 0 radical (unpaired) electrons. The van der Waals surface area contributed by atoms with E-state index in [9.17, 15) is 9.59 Å². The third-order valence-electron chi connectivity index (χ3n) is 3.55. The molecular weight excluding hydrogens is 340 g/mol. The lowest BCUT2D eigenvalue weighted by atomic mass is 10.2. The maximum atomic E-state index is 12.6. The number of thiol groups is 1. The van der Waals surface area contributed by atoms with E-state index in [-0.39, 0.29) is 12.4 Å². The Labute approximate surface area is 149 Å². The first-order valence-corrected chi connectivity index (χ1v) is 8.25. The number of rotatable bonds is 5. The van der Waals surface area contributed by atoms with Crippen LogP contribution in [0.3, 0.4) is 0 Å². The minimum absolute atomic E-state index is 0.105. The molecule has 25 heavy (non-hydrogen) atoms. The fraction of sp³-hybridized carbons (Fsp3) is 0.176. The summed E-state index contributed by atoms with van der Waals surface area (Å²) in [6.07, 6.45) is -0.694. The highest BCUT2D eigenvalue weighted by molar-refractivity contribution is 7.80. The van der Waals surface area contributed by atoms with Crippen LogP contribution in [0.4, 0.5) is 4.79 Å². The van der Waals surface area contributed by atoms with Gasteiger partial charge in [0.15, 0.2) is 0 Å². The van der Waals surface area contributed by atoms with Gasteiger partial charge in [0, 0.05) is 5.75 Å². The SMILES string of the molecule is O=C(NC(CS)C(=O)n1nnc2ccccc21)OCc1ccccc1. The molecule has 1 N–H and O–H groups in total. The van der Waals surface area contributed by atoms with Crippen LogP contribution in [0.15, 0.2) is 54.6 Å². The normalized spacial score (nSPS) is 11.9. The number of amides is 1. The van der Waals surface area contributed by atoms with Gasteiger partial charge in [0.05, 0.1) is 5.52 Å². The number of aromatic nitrogens is 3. The van der Waals surface area contributed by atoms with Crippen LogP contribution in [0.2, 0.25) is 0 Å². The quantitative estimate of drug-likeness (QED) is 0.685. The van der Waals surface area contributed by atoms with Crippen molar-refractivity contribution in [2.75, 3.05) is 5.75 Å². The average Bonchev–Trinajstić information content (AvgIpc) is 3.09. The van der Waals surface area contributed by atoms with Gasteiger partial charge in [0.2, 0.25) is 0 Å². The molecule has 0 saturated heterocycles. The second kappa shape index (κ2) is 7.80. The number of hydrogen-bond acceptors (Lipinski definition) is 6. The fourth-order valence-corrected chi connectivity index (χ4v) is 2.52. The number of fused-ring (bicyclic) bond motifs is 1. The molecule has 0 saturated carbocycles. The second-order valence-corrected chi connectivity index (χ2v) is 5.63. The predicted octanol–water partition coefficient (Wildman–Crippen LogP) is 2.30. The molecule has 1 heterocycles. The van der Waals surface area contributed by atoms with Gasteiger partial charge < -0.3 is 10.1 Å². The van der Waals surface area contributed by atoms with Crippen LogP contribution in [0.25, 0.3) is 11.0 Å². The third kappa shape index (κ3) is 3.97. The molecule has 1 aromatic heterocycles. The van der Waals surface area contributed by atoms with Crippen LogP contribution >= 0.6 is 12.6 Å². The lowest BCUT2D eigenvalue weighted by Gasteiger charge is -2.15. The monoisotopic (exact) mass is 356 g/mol. The molecule has 0 spiro atoms. The molecule has 0 bridgehead atoms. The summed E-state index contributed by atoms with van der Waals surface area (Å²) in [7, 11) is 0. The molecule has 1 unspecified atom stereocenters. The Hall–Kier alpha value is -2.87. The Morgan fingerprint density at radius 1 is 1.12 bits per heavy atom. The van der Waals surface area contributed by atoms with E-state index in [0.717, 1.165) is 10.2 Å². The van der Waals surface area contributed by atoms with E-state index in [1.54, 1.807) is 24.3 Å². The highest BCUT2D eigenvalue weighted by Crippen LogP contribution is 2.11. The maximum Gasteiger partial charge on any atom is 0.408 e. The van der Waals surface area contributed by atoms with Crippen molar-refractivity contribution in [2.45, 2.75) is 12.6 Å². The minimum Gasteiger partial charge on any atom is -0.445 e. The molecule has 3 aromatic rings. The van der Waals surface area contributed by atoms with Crippen molar-refractivity contribution in [1.82, 2.24) is 20.3 Å². The van der Waals surface area contributed by atoms with Crippen LogP contribution in [-0.2, 0) is 11.3 Å². The van der Waals surface area contributed by atoms with Gasteiger partial charge in [0.25, 0.3) is 5.91 Å². The minimum atomic E-state index is -0.878. The number of para-hydroxylation sites is 1. The summed E-state index contributed by atoms with van der Waals surface area (Å²) in [6, 6.07) is 15.5. The molecule has 7 nitrogen and oxygen atoms in total. The molecule has 128 valence electrons. The second-order valence-electron chi connectivity index (χ2n) is 5.27. The number of ether oxygens (including phenoxy) is 1. The first kappa shape index (κ1) is 17.0. The van der Waals surface area contributed by atoms with Gasteiger partial charge in [-0.3, -0.25) is 4.79 Å². The van der Waals surface area contributed by atoms with Gasteiger partial charge in [-0.1, -0.05) is 47.7 Å². The molecule has 0 aliphatic heterocycles. The Kier molecular flexibility index (Phi) is 5.30. The van der Waals surface area contributed by atoms with E-state index < -0.39 is 18.0 Å². The number of hydrogen-bond donors (Lipinski definition) is 2. The van der Waals surface area contributed by atoms with Crippen molar-refractivity contribution >= 4 is 35.7 Å². The average molecular weight is 356 g/mol. The molecule has 0 fully saturated rings. The molecule has 0 aliphatic carbocycles. The number of nitrogens with zero attached hydrogens (tertiary/aromatic N) is 3. The standard InChI is InChI=1S/C17H16N4O3S/c22-16(21-15-9-5-4-8-13(15)19-20-21)14(11-25)18-17(23)24-10-12-6-2-1-3-7-12/h1-9,14,25H,10-11H2,(H,18,23). The zero-order chi connectivity index (χ0) is 17.6. The molecule has 0 aliphatic rings. The van der Waals surface area contributed by atoms with Gasteiger partial charge in [0.1, 0.15) is 18.2 Å². The summed E-state index contributed by atoms with van der Waals surface area (Å²) < 4.78 is 6.29. The number of benzene rings is 2. The highest BCUT2D eigenvalue weighted by atomic mass is 32.1. The topological polar surface area (TPSA) is 86.1 Å². The lowest BCUT2D eigenvalue weighted by molar-refractivity contribution is 0.0837. The van der Waals surface area contributed by atoms with Crippen molar-refractivity contribution in [3.05, 3.63) is 60.2 Å². The lowest BCUT2D eigenvalue weighted by Crippen LogP contribution is -2.45. The Bertz CT molecular complexity index is 882. The first-order valence-electron chi connectivity index (χ1n) is 7.62. The molecule has 2 aromatic carbocycles. The van der Waals surface area contributed by atoms with Crippen molar-refractivity contribution in [3.63, 3.8) is 0 Å². The van der Waals surface area contributed by atoms with Crippen molar-refractivity contribution in [3.8, 4) is 0 Å². The summed E-state index contributed by atoms with van der Waals surface area (Å²) in [4.78, 5) is 24.6. The van der Waals surface area contributed by atoms with Crippen molar-refractivity contribution in [1.29, 1.82) is 0 Å². The van der Waals surface area contributed by atoms with E-state index in [1.807, 2.05) is 30.3 Å². The van der Waals surface area contributed by atoms with E-state index in [0.29, 0.717) is 11.0 Å². The fourth-order valence-electron chi connectivity index (χ4n) is 2.27. The molecule has 3 rings (SSSR count). The van der Waals surface area contributed by atoms with Gasteiger partial charge in [-0.05, 0) is 17.7 Å². The number of alkyl carbamates (subject to hydrolysis) is 1. The Morgan fingerprint density at radius 3 is 2.60 bits per heavy atom. The number of carbonyl (C=O) groups is 2. The molecule has 1 amide bonds. The largest absolute Gasteiger partial charge is 0.445 e. The third-order valence-corrected chi connectivity index (χ3v) is 3.91. The predicted molar refractivity (Wildman–Crippen MR) is 95.6 cm³/mol. The molecule has 1 atom stereocenters. The zero-order valence-electron chi connectivity index (χ0n) is 13.2. The van der Waals surface area contributed by atoms with Crippen LogP contribution in [-0.4, -0.2) is 38.8 Å². The van der Waals surface area contributed by atoms with Crippen LogP contribution in [0.1, 0.15) is 10.4 Å². The Morgan fingerprint density at radius 2 is 1.84 bits per heavy atom. The van der Waals surface area contributed by atoms with E-state index in [1.165, 1.54) is 0 Å². The van der Waals surface area contributed by atoms with Crippen LogP contribution < -0.4 is 5.32 Å². The van der Waals surface area contributed by atoms with Gasteiger partial charge in [-0.25, -0.2) is 4.79 Å². The van der Waals surface area contributed by atoms with Crippen molar-refractivity contribution in [2.24, 2.45) is 0 Å². The Balaban J connectivity index is 1.65. The summed E-state index contributed by atoms with van der Waals surface area (Å²) in [5, 5.41) is 10.3. The smallest absolute Gasteiger partial charge is 0.408 e. The number of carbonyl (C=O) groups excluding carboxylic acids is 2. The van der Waals surface area contributed by atoms with Gasteiger partial charge in [-0.2, -0.15) is 17.3 Å². The van der Waals surface area contributed by atoms with Gasteiger partial charge in [-0.15, -0.1) is 5.10 Å². The molecule has 8 heteroatoms. The summed E-state index contributed by atoms with van der Waals surface area (Å²) in [5.41, 5.74) is 2.02. The molecular formula is C17H16N4O3S. The van der Waals surface area contributed by atoms with Crippen LogP contribution in [0.5, 0.6) is 0 Å². The first-order chi connectivity index (χ1) is 12.2. The summed E-state index contributed by atoms with van der Waals surface area (Å²) in [6.45, 7) is 0.117. The van der Waals surface area contributed by atoms with Crippen LogP contribution in [0, 0.1) is 0 Å². The highest BCUT2D eigenvalue weighted by Gasteiger charge is 2.24. The van der Waals surface area contributed by atoms with E-state index >= 15 is 0 Å². The zero-order valence-corrected chi connectivity index (χ0v) is 14.1. The van der Waals surface area contributed by atoms with Crippen molar-refractivity contribution < 1.29 is 14.3 Å². The summed E-state index contributed by atoms with van der Waals surface area (Å²) in [5.74, 6) is -0.326. The number of nitrogens with one attached hydrogen (secondary N) is 1. The maximum absolute atomic E-state index is 12.6. The van der Waals surface area contributed by atoms with E-state index in [2.05, 4.69) is 28.3 Å².